The van der Waals surface area contributed by atoms with Gasteiger partial charge in [0.05, 0.1) is 6.54 Å². The van der Waals surface area contributed by atoms with Crippen LogP contribution in [0.2, 0.25) is 0 Å². The van der Waals surface area contributed by atoms with Crippen LogP contribution in [0.5, 0.6) is 5.75 Å². The number of alkyl halides is 2. The van der Waals surface area contributed by atoms with Crippen LogP contribution in [0.4, 0.5) is 8.78 Å². The molecule has 0 aliphatic carbocycles. The third-order valence-corrected chi connectivity index (χ3v) is 3.38. The molecule has 4 nitrogen and oxygen atoms in total. The van der Waals surface area contributed by atoms with Crippen LogP contribution in [0.15, 0.2) is 29.3 Å². The molecule has 0 saturated carbocycles. The summed E-state index contributed by atoms with van der Waals surface area (Å²) in [4.78, 5) is 6.46. The summed E-state index contributed by atoms with van der Waals surface area (Å²) in [6.45, 7) is 1.73. The van der Waals surface area contributed by atoms with E-state index in [2.05, 4.69) is 9.89 Å². The number of hydrogen-bond donors (Lipinski definition) is 1. The van der Waals surface area contributed by atoms with Gasteiger partial charge < -0.3 is 15.4 Å². The molecule has 1 fully saturated rings. The lowest BCUT2D eigenvalue weighted by Crippen LogP contribution is -2.40. The second kappa shape index (κ2) is 7.81. The summed E-state index contributed by atoms with van der Waals surface area (Å²) < 4.78 is 29.2. The van der Waals surface area contributed by atoms with E-state index in [1.807, 2.05) is 6.07 Å². The first-order valence-electron chi connectivity index (χ1n) is 7.20. The van der Waals surface area contributed by atoms with E-state index in [1.165, 1.54) is 6.42 Å². The van der Waals surface area contributed by atoms with Crippen molar-refractivity contribution in [2.75, 3.05) is 19.7 Å². The van der Waals surface area contributed by atoms with Gasteiger partial charge in [-0.15, -0.1) is 0 Å². The van der Waals surface area contributed by atoms with E-state index in [0.29, 0.717) is 18.3 Å². The number of ether oxygens (including phenoxy) is 1. The highest BCUT2D eigenvalue weighted by molar-refractivity contribution is 5.78. The SMILES string of the molecule is NC(=NCc1cccc(OCC(F)F)c1)N1CCCCC1. The summed E-state index contributed by atoms with van der Waals surface area (Å²) in [6, 6.07) is 7.02. The maximum atomic E-state index is 12.1. The number of guanidine groups is 1. The Balaban J connectivity index is 1.91. The average molecular weight is 297 g/mol. The van der Waals surface area contributed by atoms with Crippen LogP contribution >= 0.6 is 0 Å². The van der Waals surface area contributed by atoms with Crippen LogP contribution in [0.25, 0.3) is 0 Å². The van der Waals surface area contributed by atoms with E-state index >= 15 is 0 Å². The van der Waals surface area contributed by atoms with E-state index < -0.39 is 13.0 Å². The molecule has 2 rings (SSSR count). The van der Waals surface area contributed by atoms with Crippen LogP contribution in [-0.2, 0) is 6.54 Å². The van der Waals surface area contributed by atoms with Gasteiger partial charge in [-0.25, -0.2) is 13.8 Å². The fourth-order valence-corrected chi connectivity index (χ4v) is 2.29. The zero-order valence-electron chi connectivity index (χ0n) is 12.0. The van der Waals surface area contributed by atoms with Crippen LogP contribution in [0, 0.1) is 0 Å². The Bertz CT molecular complexity index is 474. The maximum absolute atomic E-state index is 12.1. The molecule has 6 heteroatoms. The van der Waals surface area contributed by atoms with Gasteiger partial charge >= 0.3 is 0 Å². The minimum absolute atomic E-state index is 0.425. The molecule has 0 unspecified atom stereocenters. The highest BCUT2D eigenvalue weighted by Gasteiger charge is 2.11. The highest BCUT2D eigenvalue weighted by atomic mass is 19.3. The minimum Gasteiger partial charge on any atom is -0.488 e. The predicted molar refractivity (Wildman–Crippen MR) is 78.7 cm³/mol. The van der Waals surface area contributed by atoms with Crippen LogP contribution in [-0.4, -0.2) is 37.0 Å². The monoisotopic (exact) mass is 297 g/mol. The molecule has 1 aliphatic heterocycles. The van der Waals surface area contributed by atoms with Crippen LogP contribution in [0.1, 0.15) is 24.8 Å². The van der Waals surface area contributed by atoms with Gasteiger partial charge in [0.1, 0.15) is 12.4 Å². The fraction of sp³-hybridized carbons (Fsp3) is 0.533. The van der Waals surface area contributed by atoms with Crippen molar-refractivity contribution in [2.45, 2.75) is 32.2 Å². The summed E-state index contributed by atoms with van der Waals surface area (Å²) in [5, 5.41) is 0. The van der Waals surface area contributed by atoms with Gasteiger partial charge in [-0.3, -0.25) is 0 Å². The van der Waals surface area contributed by atoms with Crippen molar-refractivity contribution in [1.29, 1.82) is 0 Å². The van der Waals surface area contributed by atoms with Crippen LogP contribution in [0.3, 0.4) is 0 Å². The van der Waals surface area contributed by atoms with Crippen LogP contribution < -0.4 is 10.5 Å². The molecule has 0 atom stereocenters. The first-order valence-corrected chi connectivity index (χ1v) is 7.20. The molecule has 0 amide bonds. The highest BCUT2D eigenvalue weighted by Crippen LogP contribution is 2.15. The van der Waals surface area contributed by atoms with Gasteiger partial charge in [-0.1, -0.05) is 12.1 Å². The van der Waals surface area contributed by atoms with E-state index in [-0.39, 0.29) is 0 Å². The Labute approximate surface area is 123 Å². The molecule has 0 bridgehead atoms. The Hall–Kier alpha value is -1.85. The van der Waals surface area contributed by atoms with Crippen molar-refractivity contribution in [3.05, 3.63) is 29.8 Å². The van der Waals surface area contributed by atoms with E-state index in [0.717, 1.165) is 31.5 Å². The fourth-order valence-electron chi connectivity index (χ4n) is 2.29. The molecule has 1 aromatic carbocycles. The number of rotatable bonds is 5. The quantitative estimate of drug-likeness (QED) is 0.671. The van der Waals surface area contributed by atoms with Crippen molar-refractivity contribution in [1.82, 2.24) is 4.90 Å². The largest absolute Gasteiger partial charge is 0.488 e. The molecule has 116 valence electrons. The van der Waals surface area contributed by atoms with E-state index in [1.54, 1.807) is 18.2 Å². The van der Waals surface area contributed by atoms with Crippen molar-refractivity contribution in [2.24, 2.45) is 10.7 Å². The molecule has 1 aromatic rings. The normalized spacial score (nSPS) is 16.3. The molecular weight excluding hydrogens is 276 g/mol. The molecular formula is C15H21F2N3O. The predicted octanol–water partition coefficient (Wildman–Crippen LogP) is 2.63. The van der Waals surface area contributed by atoms with Gasteiger partial charge in [0.2, 0.25) is 0 Å². The molecule has 2 N–H and O–H groups in total. The van der Waals surface area contributed by atoms with E-state index in [9.17, 15) is 8.78 Å². The Morgan fingerprint density at radius 1 is 1.29 bits per heavy atom. The lowest BCUT2D eigenvalue weighted by molar-refractivity contribution is 0.0818. The van der Waals surface area contributed by atoms with Crippen molar-refractivity contribution >= 4 is 5.96 Å². The first-order chi connectivity index (χ1) is 10.1. The second-order valence-electron chi connectivity index (χ2n) is 5.07. The van der Waals surface area contributed by atoms with Gasteiger partial charge in [-0.05, 0) is 37.0 Å². The van der Waals surface area contributed by atoms with Gasteiger partial charge in [0.25, 0.3) is 6.43 Å². The molecule has 1 aliphatic rings. The summed E-state index contributed by atoms with van der Waals surface area (Å²) >= 11 is 0. The molecule has 0 radical (unpaired) electrons. The molecule has 0 aromatic heterocycles. The topological polar surface area (TPSA) is 50.9 Å². The third-order valence-electron chi connectivity index (χ3n) is 3.38. The number of piperidine rings is 1. The van der Waals surface area contributed by atoms with E-state index in [4.69, 9.17) is 10.5 Å². The summed E-state index contributed by atoms with van der Waals surface area (Å²) in [7, 11) is 0. The number of nitrogens with zero attached hydrogens (tertiary/aromatic N) is 2. The van der Waals surface area contributed by atoms with Gasteiger partial charge in [0, 0.05) is 13.1 Å². The molecule has 21 heavy (non-hydrogen) atoms. The smallest absolute Gasteiger partial charge is 0.272 e. The lowest BCUT2D eigenvalue weighted by atomic mass is 10.1. The number of halogens is 2. The zero-order chi connectivity index (χ0) is 15.1. The molecule has 1 saturated heterocycles. The number of aliphatic imine (C=N–C) groups is 1. The number of likely N-dealkylation sites (tertiary alicyclic amines) is 1. The summed E-state index contributed by atoms with van der Waals surface area (Å²) in [5.41, 5.74) is 6.87. The molecule has 0 spiro atoms. The lowest BCUT2D eigenvalue weighted by Gasteiger charge is -2.27. The Morgan fingerprint density at radius 2 is 2.05 bits per heavy atom. The molecule has 1 heterocycles. The number of nitrogens with two attached hydrogens (primary N) is 1. The minimum atomic E-state index is -2.47. The maximum Gasteiger partial charge on any atom is 0.272 e. The first kappa shape index (κ1) is 15.5. The zero-order valence-corrected chi connectivity index (χ0v) is 12.0. The van der Waals surface area contributed by atoms with Crippen molar-refractivity contribution < 1.29 is 13.5 Å². The average Bonchev–Trinajstić information content (AvgIpc) is 2.52. The van der Waals surface area contributed by atoms with Gasteiger partial charge in [0.15, 0.2) is 5.96 Å². The number of hydrogen-bond acceptors (Lipinski definition) is 2. The van der Waals surface area contributed by atoms with Crippen molar-refractivity contribution in [3.63, 3.8) is 0 Å². The standard InChI is InChI=1S/C15H21F2N3O/c16-14(17)11-21-13-6-4-5-12(9-13)10-19-15(18)20-7-2-1-3-8-20/h4-6,9,14H,1-3,7-8,10-11H2,(H2,18,19). The van der Waals surface area contributed by atoms with Crippen molar-refractivity contribution in [3.8, 4) is 5.75 Å². The summed E-state index contributed by atoms with van der Waals surface area (Å²) in [6.07, 6.45) is 1.06. The Morgan fingerprint density at radius 3 is 2.76 bits per heavy atom. The Kier molecular flexibility index (Phi) is 5.78. The summed E-state index contributed by atoms with van der Waals surface area (Å²) in [5.74, 6) is 0.980. The second-order valence-corrected chi connectivity index (χ2v) is 5.07. The third kappa shape index (κ3) is 5.21. The van der Waals surface area contributed by atoms with Gasteiger partial charge in [-0.2, -0.15) is 0 Å². The number of benzene rings is 1.